The minimum Gasteiger partial charge on any atom is -0.497 e. The molecule has 0 aliphatic heterocycles. The Labute approximate surface area is 154 Å². The van der Waals surface area contributed by atoms with Gasteiger partial charge in [0.2, 0.25) is 17.6 Å². The predicted molar refractivity (Wildman–Crippen MR) is 97.0 cm³/mol. The summed E-state index contributed by atoms with van der Waals surface area (Å²) in [6.45, 7) is 0.316. The van der Waals surface area contributed by atoms with Crippen LogP contribution in [0.25, 0.3) is 16.9 Å². The van der Waals surface area contributed by atoms with Crippen molar-refractivity contribution in [1.82, 2.24) is 24.8 Å². The number of carbonyl (C=O) groups is 1. The van der Waals surface area contributed by atoms with Crippen LogP contribution in [-0.4, -0.2) is 32.5 Å². The molecule has 4 rings (SSSR count). The topological polar surface area (TPSA) is 94.5 Å². The molecule has 0 fully saturated rings. The highest BCUT2D eigenvalue weighted by Crippen LogP contribution is 2.19. The van der Waals surface area contributed by atoms with E-state index in [0.29, 0.717) is 12.4 Å². The summed E-state index contributed by atoms with van der Waals surface area (Å²) in [4.78, 5) is 20.8. The van der Waals surface area contributed by atoms with Crippen LogP contribution in [0.2, 0.25) is 0 Å². The van der Waals surface area contributed by atoms with Crippen LogP contribution in [0, 0.1) is 0 Å². The molecule has 1 aromatic carbocycles. The molecule has 4 aromatic rings. The van der Waals surface area contributed by atoms with Crippen LogP contribution in [-0.2, 0) is 17.8 Å². The van der Waals surface area contributed by atoms with Gasteiger partial charge in [-0.3, -0.25) is 4.79 Å². The first-order valence-corrected chi connectivity index (χ1v) is 8.37. The number of ether oxygens (including phenoxy) is 1. The molecular formula is C19H17N5O3. The number of pyridine rings is 1. The Morgan fingerprint density at radius 2 is 2.07 bits per heavy atom. The fourth-order valence-corrected chi connectivity index (χ4v) is 2.69. The van der Waals surface area contributed by atoms with E-state index in [1.165, 1.54) is 0 Å². The van der Waals surface area contributed by atoms with Gasteiger partial charge in [-0.1, -0.05) is 11.2 Å². The molecule has 0 saturated heterocycles. The maximum atomic E-state index is 12.2. The van der Waals surface area contributed by atoms with Gasteiger partial charge in [-0.25, -0.2) is 4.98 Å². The maximum Gasteiger partial charge on any atom is 0.236 e. The summed E-state index contributed by atoms with van der Waals surface area (Å²) >= 11 is 0. The van der Waals surface area contributed by atoms with Gasteiger partial charge in [0.05, 0.1) is 25.4 Å². The lowest BCUT2D eigenvalue weighted by Crippen LogP contribution is -2.25. The van der Waals surface area contributed by atoms with Gasteiger partial charge in [0.1, 0.15) is 18.0 Å². The van der Waals surface area contributed by atoms with Crippen LogP contribution in [0.5, 0.6) is 5.75 Å². The van der Waals surface area contributed by atoms with Crippen LogP contribution in [0.15, 0.2) is 59.4 Å². The fraction of sp³-hybridized carbons (Fsp3) is 0.158. The molecule has 0 bridgehead atoms. The lowest BCUT2D eigenvalue weighted by atomic mass is 10.2. The smallest absolute Gasteiger partial charge is 0.236 e. The lowest BCUT2D eigenvalue weighted by Gasteiger charge is -2.03. The van der Waals surface area contributed by atoms with Crippen molar-refractivity contribution in [3.8, 4) is 17.1 Å². The van der Waals surface area contributed by atoms with E-state index in [-0.39, 0.29) is 18.2 Å². The summed E-state index contributed by atoms with van der Waals surface area (Å²) in [5.41, 5.74) is 1.76. The third-order valence-electron chi connectivity index (χ3n) is 4.09. The number of hydrogen-bond donors (Lipinski definition) is 1. The molecule has 0 aliphatic rings. The van der Waals surface area contributed by atoms with E-state index in [2.05, 4.69) is 20.4 Å². The minimum atomic E-state index is -0.215. The highest BCUT2D eigenvalue weighted by molar-refractivity contribution is 5.77. The molecule has 0 atom stereocenters. The zero-order chi connectivity index (χ0) is 18.6. The van der Waals surface area contributed by atoms with E-state index in [9.17, 15) is 4.79 Å². The Morgan fingerprint density at radius 3 is 2.89 bits per heavy atom. The highest BCUT2D eigenvalue weighted by Gasteiger charge is 2.13. The molecule has 0 spiro atoms. The molecular weight excluding hydrogens is 346 g/mol. The van der Waals surface area contributed by atoms with E-state index in [1.807, 2.05) is 53.1 Å². The number of nitrogens with one attached hydrogen (secondary N) is 1. The van der Waals surface area contributed by atoms with Crippen LogP contribution in [0.4, 0.5) is 0 Å². The number of imidazole rings is 1. The SMILES string of the molecule is COc1ccc(-c2noc(CC(=O)NCc3ncc4ccccn34)n2)cc1. The van der Waals surface area contributed by atoms with Gasteiger partial charge in [-0.15, -0.1) is 0 Å². The number of benzene rings is 1. The van der Waals surface area contributed by atoms with Crippen molar-refractivity contribution in [2.24, 2.45) is 0 Å². The van der Waals surface area contributed by atoms with Crippen molar-refractivity contribution >= 4 is 11.4 Å². The molecule has 3 aromatic heterocycles. The Bertz CT molecular complexity index is 1070. The van der Waals surface area contributed by atoms with Gasteiger partial charge in [-0.05, 0) is 36.4 Å². The fourth-order valence-electron chi connectivity index (χ4n) is 2.69. The van der Waals surface area contributed by atoms with Crippen molar-refractivity contribution in [3.05, 3.63) is 66.6 Å². The van der Waals surface area contributed by atoms with E-state index in [1.54, 1.807) is 13.3 Å². The van der Waals surface area contributed by atoms with Gasteiger partial charge in [0.25, 0.3) is 0 Å². The number of fused-ring (bicyclic) bond motifs is 1. The first kappa shape index (κ1) is 16.8. The predicted octanol–water partition coefficient (Wildman–Crippen LogP) is 2.25. The van der Waals surface area contributed by atoms with E-state index in [0.717, 1.165) is 22.7 Å². The van der Waals surface area contributed by atoms with Gasteiger partial charge in [0, 0.05) is 11.8 Å². The van der Waals surface area contributed by atoms with Crippen molar-refractivity contribution in [3.63, 3.8) is 0 Å². The second-order valence-corrected chi connectivity index (χ2v) is 5.86. The third kappa shape index (κ3) is 3.64. The van der Waals surface area contributed by atoms with E-state index < -0.39 is 0 Å². The lowest BCUT2D eigenvalue weighted by molar-refractivity contribution is -0.121. The summed E-state index contributed by atoms with van der Waals surface area (Å²) in [6.07, 6.45) is 3.68. The van der Waals surface area contributed by atoms with Crippen LogP contribution >= 0.6 is 0 Å². The summed E-state index contributed by atoms with van der Waals surface area (Å²) < 4.78 is 12.2. The first-order valence-electron chi connectivity index (χ1n) is 8.37. The number of aromatic nitrogens is 4. The normalized spacial score (nSPS) is 10.9. The molecule has 8 nitrogen and oxygen atoms in total. The Kier molecular flexibility index (Phi) is 4.52. The molecule has 136 valence electrons. The molecule has 1 N–H and O–H groups in total. The van der Waals surface area contributed by atoms with Gasteiger partial charge < -0.3 is 19.0 Å². The highest BCUT2D eigenvalue weighted by atomic mass is 16.5. The minimum absolute atomic E-state index is 0.00641. The van der Waals surface area contributed by atoms with E-state index >= 15 is 0 Å². The second kappa shape index (κ2) is 7.28. The Hall–Kier alpha value is -3.68. The average Bonchev–Trinajstić information content (AvgIpc) is 3.33. The summed E-state index contributed by atoms with van der Waals surface area (Å²) in [7, 11) is 1.60. The molecule has 0 radical (unpaired) electrons. The molecule has 0 unspecified atom stereocenters. The van der Waals surface area contributed by atoms with E-state index in [4.69, 9.17) is 9.26 Å². The molecule has 0 aliphatic carbocycles. The van der Waals surface area contributed by atoms with Crippen molar-refractivity contribution in [2.75, 3.05) is 7.11 Å². The molecule has 8 heteroatoms. The van der Waals surface area contributed by atoms with Gasteiger partial charge >= 0.3 is 0 Å². The van der Waals surface area contributed by atoms with Crippen LogP contribution in [0.3, 0.4) is 0 Å². The average molecular weight is 363 g/mol. The molecule has 27 heavy (non-hydrogen) atoms. The summed E-state index contributed by atoms with van der Waals surface area (Å²) in [5, 5.41) is 6.75. The number of methoxy groups -OCH3 is 1. The maximum absolute atomic E-state index is 12.2. The number of carbonyl (C=O) groups excluding carboxylic acids is 1. The summed E-state index contributed by atoms with van der Waals surface area (Å²) in [6, 6.07) is 13.1. The second-order valence-electron chi connectivity index (χ2n) is 5.86. The number of nitrogens with zero attached hydrogens (tertiary/aromatic N) is 4. The van der Waals surface area contributed by atoms with Crippen LogP contribution < -0.4 is 10.1 Å². The Balaban J connectivity index is 1.37. The number of rotatable bonds is 6. The van der Waals surface area contributed by atoms with Gasteiger partial charge in [0.15, 0.2) is 0 Å². The summed E-state index contributed by atoms with van der Waals surface area (Å²) in [5.74, 6) is 1.97. The quantitative estimate of drug-likeness (QED) is 0.565. The zero-order valence-electron chi connectivity index (χ0n) is 14.6. The molecule has 1 amide bonds. The Morgan fingerprint density at radius 1 is 1.22 bits per heavy atom. The number of hydrogen-bond acceptors (Lipinski definition) is 6. The van der Waals surface area contributed by atoms with Crippen LogP contribution in [0.1, 0.15) is 11.7 Å². The first-order chi connectivity index (χ1) is 13.2. The third-order valence-corrected chi connectivity index (χ3v) is 4.09. The van der Waals surface area contributed by atoms with Crippen molar-refractivity contribution in [2.45, 2.75) is 13.0 Å². The number of amides is 1. The van der Waals surface area contributed by atoms with Crippen molar-refractivity contribution in [1.29, 1.82) is 0 Å². The van der Waals surface area contributed by atoms with Crippen molar-refractivity contribution < 1.29 is 14.1 Å². The molecule has 3 heterocycles. The standard InChI is InChI=1S/C19H17N5O3/c1-26-15-7-5-13(6-8-15)19-22-18(27-23-19)10-17(25)21-12-16-20-11-14-4-2-3-9-24(14)16/h2-9,11H,10,12H2,1H3,(H,21,25). The zero-order valence-corrected chi connectivity index (χ0v) is 14.6. The largest absolute Gasteiger partial charge is 0.497 e. The monoisotopic (exact) mass is 363 g/mol. The van der Waals surface area contributed by atoms with Gasteiger partial charge in [-0.2, -0.15) is 4.98 Å². The molecule has 0 saturated carbocycles.